The highest BCUT2D eigenvalue weighted by atomic mass is 32.1. The molecule has 4 N–H and O–H groups in total. The highest BCUT2D eigenvalue weighted by Gasteiger charge is 2.29. The Morgan fingerprint density at radius 2 is 1.63 bits per heavy atom. The van der Waals surface area contributed by atoms with E-state index in [0.29, 0.717) is 25.0 Å². The number of carbonyl (C=O) groups is 4. The summed E-state index contributed by atoms with van der Waals surface area (Å²) in [5.41, 5.74) is 4.38. The van der Waals surface area contributed by atoms with Crippen LogP contribution in [0.15, 0.2) is 77.8 Å². The minimum absolute atomic E-state index is 0.0980. The number of nitrogens with one attached hydrogen (secondary N) is 3. The van der Waals surface area contributed by atoms with Gasteiger partial charge in [-0.05, 0) is 30.4 Å². The highest BCUT2D eigenvalue weighted by molar-refractivity contribution is 7.09. The Balaban J connectivity index is 1.47. The number of aliphatic carboxylic acids is 1. The molecule has 0 fully saturated rings. The molecule has 0 aliphatic rings. The van der Waals surface area contributed by atoms with Crippen LogP contribution < -0.4 is 16.0 Å². The minimum Gasteiger partial charge on any atom is -0.481 e. The van der Waals surface area contributed by atoms with Crippen LogP contribution in [0.4, 0.5) is 9.59 Å². The molecule has 0 radical (unpaired) electrons. The van der Waals surface area contributed by atoms with Crippen molar-refractivity contribution in [2.45, 2.75) is 89.6 Å². The summed E-state index contributed by atoms with van der Waals surface area (Å²) in [6.45, 7) is 6.41. The number of hydrogen-bond donors (Lipinski definition) is 4. The third-order valence-corrected chi connectivity index (χ3v) is 10.3. The van der Waals surface area contributed by atoms with E-state index in [9.17, 15) is 24.3 Å². The topological polar surface area (TPSA) is 163 Å². The van der Waals surface area contributed by atoms with Crippen molar-refractivity contribution in [3.05, 3.63) is 104 Å². The first-order chi connectivity index (χ1) is 24.5. The molecule has 272 valence electrons. The van der Waals surface area contributed by atoms with Gasteiger partial charge in [-0.1, -0.05) is 81.4 Å². The summed E-state index contributed by atoms with van der Waals surface area (Å²) >= 11 is 2.91. The van der Waals surface area contributed by atoms with Gasteiger partial charge in [-0.2, -0.15) is 0 Å². The fourth-order valence-corrected chi connectivity index (χ4v) is 6.84. The van der Waals surface area contributed by atoms with Gasteiger partial charge in [0.2, 0.25) is 5.91 Å². The number of thiazole rings is 2. The van der Waals surface area contributed by atoms with Crippen molar-refractivity contribution in [2.75, 3.05) is 7.05 Å². The van der Waals surface area contributed by atoms with Crippen molar-refractivity contribution >= 4 is 46.7 Å². The van der Waals surface area contributed by atoms with Gasteiger partial charge in [-0.25, -0.2) is 14.6 Å². The third kappa shape index (κ3) is 12.8. The normalized spacial score (nSPS) is 13.4. The number of nitrogens with zero attached hydrogens (tertiary/aromatic N) is 3. The van der Waals surface area contributed by atoms with E-state index in [0.717, 1.165) is 21.0 Å². The average Bonchev–Trinajstić information content (AvgIpc) is 3.82. The quantitative estimate of drug-likeness (QED) is 0.0924. The van der Waals surface area contributed by atoms with E-state index in [4.69, 9.17) is 4.74 Å². The predicted octanol–water partition coefficient (Wildman–Crippen LogP) is 6.31. The van der Waals surface area contributed by atoms with Crippen molar-refractivity contribution in [1.82, 2.24) is 30.8 Å². The summed E-state index contributed by atoms with van der Waals surface area (Å²) in [6, 6.07) is 16.7. The second kappa shape index (κ2) is 19.5. The van der Waals surface area contributed by atoms with Gasteiger partial charge in [-0.3, -0.25) is 14.6 Å². The molecule has 0 bridgehead atoms. The zero-order chi connectivity index (χ0) is 36.8. The van der Waals surface area contributed by atoms with Gasteiger partial charge in [0, 0.05) is 42.5 Å². The van der Waals surface area contributed by atoms with Gasteiger partial charge >= 0.3 is 18.1 Å². The monoisotopic (exact) mass is 734 g/mol. The van der Waals surface area contributed by atoms with Crippen LogP contribution in [-0.2, 0) is 33.9 Å². The van der Waals surface area contributed by atoms with Gasteiger partial charge in [0.05, 0.1) is 34.1 Å². The summed E-state index contributed by atoms with van der Waals surface area (Å²) in [4.78, 5) is 62.5. The number of carboxylic acid groups (broad SMARTS) is 1. The smallest absolute Gasteiger partial charge is 0.407 e. The molecule has 0 saturated carbocycles. The third-order valence-electron chi connectivity index (χ3n) is 8.36. The van der Waals surface area contributed by atoms with E-state index in [2.05, 4.69) is 25.9 Å². The number of alkyl carbamates (subject to hydrolysis) is 1. The molecule has 2 aromatic heterocycles. The molecule has 2 heterocycles. The molecule has 51 heavy (non-hydrogen) atoms. The SMILES string of the molecule is CC(C)c1nc(CN(C)C(=O)N[C@@H](CC(=O)O)C(=O)N[C@H](CC[C@@H](NC(=O)OCc2cncs2)[C@@H](C)c2ccccc2)Cc2ccccc2)cs1. The van der Waals surface area contributed by atoms with Crippen LogP contribution in [-0.4, -0.2) is 69.1 Å². The molecule has 4 atom stereocenters. The lowest BCUT2D eigenvalue weighted by Gasteiger charge is -2.29. The zero-order valence-electron chi connectivity index (χ0n) is 29.3. The summed E-state index contributed by atoms with van der Waals surface area (Å²) in [6.07, 6.45) is 1.84. The number of carbonyl (C=O) groups excluding carboxylic acids is 3. The van der Waals surface area contributed by atoms with Crippen molar-refractivity contribution in [3.63, 3.8) is 0 Å². The van der Waals surface area contributed by atoms with Crippen LogP contribution in [0.3, 0.4) is 0 Å². The fourth-order valence-electron chi connectivity index (χ4n) is 5.50. The molecule has 0 saturated heterocycles. The average molecular weight is 735 g/mol. The van der Waals surface area contributed by atoms with E-state index in [1.165, 1.54) is 27.6 Å². The first kappa shape index (κ1) is 39.0. The van der Waals surface area contributed by atoms with Crippen LogP contribution in [0.2, 0.25) is 0 Å². The Morgan fingerprint density at radius 3 is 2.25 bits per heavy atom. The molecule has 2 aromatic carbocycles. The molecule has 4 aromatic rings. The number of carboxylic acids is 1. The van der Waals surface area contributed by atoms with Crippen LogP contribution in [0.25, 0.3) is 0 Å². The lowest BCUT2D eigenvalue weighted by atomic mass is 9.88. The lowest BCUT2D eigenvalue weighted by molar-refractivity contribution is -0.140. The van der Waals surface area contributed by atoms with Crippen molar-refractivity contribution in [2.24, 2.45) is 0 Å². The molecule has 0 aliphatic carbocycles. The van der Waals surface area contributed by atoms with Crippen LogP contribution in [0.5, 0.6) is 0 Å². The fraction of sp³-hybridized carbons (Fsp3) is 0.405. The van der Waals surface area contributed by atoms with Crippen molar-refractivity contribution in [3.8, 4) is 0 Å². The first-order valence-electron chi connectivity index (χ1n) is 16.9. The van der Waals surface area contributed by atoms with Gasteiger partial charge < -0.3 is 30.7 Å². The zero-order valence-corrected chi connectivity index (χ0v) is 30.9. The van der Waals surface area contributed by atoms with E-state index in [1.54, 1.807) is 18.8 Å². The van der Waals surface area contributed by atoms with Gasteiger partial charge in [0.1, 0.15) is 12.6 Å². The molecular formula is C37H46N6O6S2. The number of hydrogen-bond acceptors (Lipinski definition) is 9. The van der Waals surface area contributed by atoms with Crippen molar-refractivity contribution in [1.29, 1.82) is 0 Å². The number of benzene rings is 2. The predicted molar refractivity (Wildman–Crippen MR) is 198 cm³/mol. The maximum atomic E-state index is 13.7. The van der Waals surface area contributed by atoms with Crippen LogP contribution >= 0.6 is 22.7 Å². The second-order valence-corrected chi connectivity index (χ2v) is 14.6. The summed E-state index contributed by atoms with van der Waals surface area (Å²) < 4.78 is 5.49. The van der Waals surface area contributed by atoms with Crippen LogP contribution in [0.1, 0.15) is 78.6 Å². The second-order valence-electron chi connectivity index (χ2n) is 12.8. The molecule has 0 unspecified atom stereocenters. The minimum atomic E-state index is -1.32. The van der Waals surface area contributed by atoms with Gasteiger partial charge in [0.15, 0.2) is 0 Å². The molecule has 4 amide bonds. The van der Waals surface area contributed by atoms with Crippen molar-refractivity contribution < 1.29 is 29.0 Å². The maximum Gasteiger partial charge on any atom is 0.407 e. The molecular weight excluding hydrogens is 689 g/mol. The molecule has 0 aliphatic heterocycles. The number of amides is 4. The lowest BCUT2D eigenvalue weighted by Crippen LogP contribution is -2.53. The standard InChI is InChI=1S/C37H46N6O6S2/c1-24(2)35-40-29(22-50-35)20-43(4)36(47)41-32(18-33(44)45)34(46)39-28(17-26-11-7-5-8-12-26)15-16-31(25(3)27-13-9-6-10-14-27)42-37(48)49-21-30-19-38-23-51-30/h5-14,19,22-25,28,31-32H,15-18,20-21H2,1-4H3,(H,39,46)(H,41,47)(H,42,48)(H,44,45)/t25-,28+,31+,32-/m0/s1. The van der Waals surface area contributed by atoms with E-state index >= 15 is 0 Å². The Bertz CT molecular complexity index is 1690. The number of rotatable bonds is 18. The van der Waals surface area contributed by atoms with E-state index in [1.807, 2.05) is 86.8 Å². The molecule has 14 heteroatoms. The largest absolute Gasteiger partial charge is 0.481 e. The first-order valence-corrected chi connectivity index (χ1v) is 18.6. The highest BCUT2D eigenvalue weighted by Crippen LogP contribution is 2.24. The molecule has 12 nitrogen and oxygen atoms in total. The Morgan fingerprint density at radius 1 is 0.922 bits per heavy atom. The maximum absolute atomic E-state index is 13.7. The summed E-state index contributed by atoms with van der Waals surface area (Å²) in [5.74, 6) is -1.68. The van der Waals surface area contributed by atoms with E-state index in [-0.39, 0.29) is 31.0 Å². The number of urea groups is 1. The Hall–Kier alpha value is -4.82. The number of aromatic nitrogens is 2. The number of ether oxygens (including phenoxy) is 1. The van der Waals surface area contributed by atoms with Gasteiger partial charge in [0.25, 0.3) is 0 Å². The molecule has 4 rings (SSSR count). The summed E-state index contributed by atoms with van der Waals surface area (Å²) in [7, 11) is 1.57. The van der Waals surface area contributed by atoms with E-state index < -0.39 is 42.5 Å². The summed E-state index contributed by atoms with van der Waals surface area (Å²) in [5, 5.41) is 21.2. The Labute approximate surface area is 306 Å². The molecule has 0 spiro atoms. The van der Waals surface area contributed by atoms with Crippen LogP contribution in [0, 0.1) is 0 Å². The Kier molecular flexibility index (Phi) is 14.9. The van der Waals surface area contributed by atoms with Gasteiger partial charge in [-0.15, -0.1) is 22.7 Å².